The number of benzene rings is 1. The maximum Gasteiger partial charge on any atom is 0.123 e. The van der Waals surface area contributed by atoms with Gasteiger partial charge in [0, 0.05) is 6.04 Å². The van der Waals surface area contributed by atoms with Crippen LogP contribution in [-0.4, -0.2) is 12.6 Å². The van der Waals surface area contributed by atoms with Gasteiger partial charge >= 0.3 is 0 Å². The summed E-state index contributed by atoms with van der Waals surface area (Å²) in [5, 5.41) is 3.36. The Bertz CT molecular complexity index is 338. The van der Waals surface area contributed by atoms with Gasteiger partial charge in [-0.2, -0.15) is 0 Å². The molecule has 0 aliphatic heterocycles. The van der Waals surface area contributed by atoms with Crippen LogP contribution in [0.5, 0.6) is 0 Å². The summed E-state index contributed by atoms with van der Waals surface area (Å²) >= 11 is 0. The van der Waals surface area contributed by atoms with Gasteiger partial charge in [0.25, 0.3) is 0 Å². The Morgan fingerprint density at radius 2 is 1.94 bits per heavy atom. The molecule has 0 saturated carbocycles. The average molecular weight is 221 g/mol. The second-order valence-corrected chi connectivity index (χ2v) is 4.29. The molecule has 0 spiro atoms. The van der Waals surface area contributed by atoms with E-state index in [-0.39, 0.29) is 5.82 Å². The molecule has 0 saturated heterocycles. The van der Waals surface area contributed by atoms with Crippen molar-refractivity contribution in [3.8, 4) is 0 Å². The molecular weight excluding hydrogens is 201 g/mol. The molecule has 1 nitrogen and oxygen atoms in total. The molecular formula is C14H20FN. The Kier molecular flexibility index (Phi) is 5.20. The summed E-state index contributed by atoms with van der Waals surface area (Å²) in [4.78, 5) is 0. The van der Waals surface area contributed by atoms with Crippen LogP contribution in [0.4, 0.5) is 4.39 Å². The first-order valence-electron chi connectivity index (χ1n) is 5.75. The molecule has 88 valence electrons. The summed E-state index contributed by atoms with van der Waals surface area (Å²) in [5.41, 5.74) is 2.29. The van der Waals surface area contributed by atoms with Gasteiger partial charge in [-0.05, 0) is 43.2 Å². The predicted octanol–water partition coefficient (Wildman–Crippen LogP) is 3.62. The fourth-order valence-corrected chi connectivity index (χ4v) is 1.49. The number of rotatable bonds is 5. The Labute approximate surface area is 97.4 Å². The fraction of sp³-hybridized carbons (Fsp3) is 0.429. The Morgan fingerprint density at radius 1 is 1.31 bits per heavy atom. The van der Waals surface area contributed by atoms with E-state index in [1.807, 2.05) is 12.1 Å². The zero-order valence-electron chi connectivity index (χ0n) is 10.3. The molecule has 0 unspecified atom stereocenters. The molecule has 0 aliphatic carbocycles. The van der Waals surface area contributed by atoms with Crippen molar-refractivity contribution in [1.29, 1.82) is 0 Å². The summed E-state index contributed by atoms with van der Waals surface area (Å²) in [6.07, 6.45) is 3.18. The van der Waals surface area contributed by atoms with Crippen LogP contribution in [0.1, 0.15) is 32.8 Å². The maximum absolute atomic E-state index is 12.7. The van der Waals surface area contributed by atoms with Crippen LogP contribution in [0.15, 0.2) is 30.3 Å². The minimum absolute atomic E-state index is 0.182. The quantitative estimate of drug-likeness (QED) is 0.749. The number of nitrogens with one attached hydrogen (secondary N) is 1. The van der Waals surface area contributed by atoms with Gasteiger partial charge < -0.3 is 5.32 Å². The van der Waals surface area contributed by atoms with Crippen molar-refractivity contribution in [2.75, 3.05) is 6.54 Å². The second-order valence-electron chi connectivity index (χ2n) is 4.29. The largest absolute Gasteiger partial charge is 0.314 e. The molecule has 0 fully saturated rings. The zero-order valence-corrected chi connectivity index (χ0v) is 10.3. The standard InChI is InChI=1S/C14H20FN/c1-11(2)16-10-4-5-12(3)13-6-8-14(15)9-7-13/h5-9,11,16H,4,10H2,1-3H3. The summed E-state index contributed by atoms with van der Waals surface area (Å²) in [6.45, 7) is 7.31. The van der Waals surface area contributed by atoms with Crippen LogP contribution < -0.4 is 5.32 Å². The lowest BCUT2D eigenvalue weighted by atomic mass is 10.1. The number of halogens is 1. The molecule has 16 heavy (non-hydrogen) atoms. The van der Waals surface area contributed by atoms with Gasteiger partial charge in [0.15, 0.2) is 0 Å². The lowest BCUT2D eigenvalue weighted by Crippen LogP contribution is -2.23. The van der Waals surface area contributed by atoms with E-state index in [2.05, 4.69) is 32.2 Å². The van der Waals surface area contributed by atoms with E-state index in [4.69, 9.17) is 0 Å². The molecule has 0 aromatic heterocycles. The predicted molar refractivity (Wildman–Crippen MR) is 67.8 cm³/mol. The number of hydrogen-bond acceptors (Lipinski definition) is 1. The summed E-state index contributed by atoms with van der Waals surface area (Å²) in [7, 11) is 0. The van der Waals surface area contributed by atoms with Gasteiger partial charge in [-0.25, -0.2) is 4.39 Å². The summed E-state index contributed by atoms with van der Waals surface area (Å²) in [6, 6.07) is 7.16. The molecule has 0 radical (unpaired) electrons. The van der Waals surface area contributed by atoms with Crippen molar-refractivity contribution in [1.82, 2.24) is 5.32 Å². The van der Waals surface area contributed by atoms with Gasteiger partial charge in [0.2, 0.25) is 0 Å². The fourth-order valence-electron chi connectivity index (χ4n) is 1.49. The lowest BCUT2D eigenvalue weighted by molar-refractivity contribution is 0.595. The van der Waals surface area contributed by atoms with Crippen LogP contribution in [-0.2, 0) is 0 Å². The molecule has 1 aromatic rings. The highest BCUT2D eigenvalue weighted by atomic mass is 19.1. The Balaban J connectivity index is 2.47. The van der Waals surface area contributed by atoms with Gasteiger partial charge in [-0.1, -0.05) is 32.1 Å². The molecule has 2 heteroatoms. The SMILES string of the molecule is CC(=CCCNC(C)C)c1ccc(F)cc1. The topological polar surface area (TPSA) is 12.0 Å². The molecule has 1 N–H and O–H groups in total. The Hall–Kier alpha value is -1.15. The summed E-state index contributed by atoms with van der Waals surface area (Å²) in [5.74, 6) is -0.182. The summed E-state index contributed by atoms with van der Waals surface area (Å²) < 4.78 is 12.7. The van der Waals surface area contributed by atoms with Crippen molar-refractivity contribution in [2.45, 2.75) is 33.2 Å². The lowest BCUT2D eigenvalue weighted by Gasteiger charge is -2.06. The molecule has 0 bridgehead atoms. The van der Waals surface area contributed by atoms with Crippen LogP contribution in [0.2, 0.25) is 0 Å². The first-order valence-corrected chi connectivity index (χ1v) is 5.75. The van der Waals surface area contributed by atoms with E-state index in [0.29, 0.717) is 6.04 Å². The molecule has 0 heterocycles. The number of allylic oxidation sites excluding steroid dienone is 1. The van der Waals surface area contributed by atoms with Gasteiger partial charge in [-0.3, -0.25) is 0 Å². The Morgan fingerprint density at radius 3 is 2.50 bits per heavy atom. The first kappa shape index (κ1) is 12.9. The van der Waals surface area contributed by atoms with Crippen molar-refractivity contribution >= 4 is 5.57 Å². The minimum Gasteiger partial charge on any atom is -0.314 e. The van der Waals surface area contributed by atoms with E-state index >= 15 is 0 Å². The third-order valence-electron chi connectivity index (χ3n) is 2.45. The van der Waals surface area contributed by atoms with E-state index in [9.17, 15) is 4.39 Å². The smallest absolute Gasteiger partial charge is 0.123 e. The van der Waals surface area contributed by atoms with Crippen molar-refractivity contribution in [2.24, 2.45) is 0 Å². The second kappa shape index (κ2) is 6.44. The normalized spacial score (nSPS) is 12.2. The highest BCUT2D eigenvalue weighted by Crippen LogP contribution is 2.14. The maximum atomic E-state index is 12.7. The molecule has 0 aliphatic rings. The third kappa shape index (κ3) is 4.58. The van der Waals surface area contributed by atoms with Crippen LogP contribution >= 0.6 is 0 Å². The monoisotopic (exact) mass is 221 g/mol. The average Bonchev–Trinajstić information content (AvgIpc) is 2.25. The zero-order chi connectivity index (χ0) is 12.0. The van der Waals surface area contributed by atoms with Crippen molar-refractivity contribution in [3.63, 3.8) is 0 Å². The minimum atomic E-state index is -0.182. The van der Waals surface area contributed by atoms with Crippen LogP contribution in [0.25, 0.3) is 5.57 Å². The molecule has 1 aromatic carbocycles. The van der Waals surface area contributed by atoms with E-state index in [1.165, 1.54) is 17.7 Å². The van der Waals surface area contributed by atoms with Gasteiger partial charge in [0.1, 0.15) is 5.82 Å². The van der Waals surface area contributed by atoms with Crippen LogP contribution in [0.3, 0.4) is 0 Å². The van der Waals surface area contributed by atoms with Crippen molar-refractivity contribution < 1.29 is 4.39 Å². The van der Waals surface area contributed by atoms with Crippen LogP contribution in [0, 0.1) is 5.82 Å². The van der Waals surface area contributed by atoms with E-state index in [1.54, 1.807) is 0 Å². The number of hydrogen-bond donors (Lipinski definition) is 1. The third-order valence-corrected chi connectivity index (χ3v) is 2.45. The first-order chi connectivity index (χ1) is 7.59. The highest BCUT2D eigenvalue weighted by molar-refractivity contribution is 5.63. The molecule has 0 atom stereocenters. The highest BCUT2D eigenvalue weighted by Gasteiger charge is 1.96. The molecule has 1 rings (SSSR count). The molecule has 0 amide bonds. The van der Waals surface area contributed by atoms with Gasteiger partial charge in [0.05, 0.1) is 0 Å². The van der Waals surface area contributed by atoms with E-state index < -0.39 is 0 Å². The van der Waals surface area contributed by atoms with Crippen molar-refractivity contribution in [3.05, 3.63) is 41.7 Å². The van der Waals surface area contributed by atoms with E-state index in [0.717, 1.165) is 18.5 Å². The van der Waals surface area contributed by atoms with Gasteiger partial charge in [-0.15, -0.1) is 0 Å².